The van der Waals surface area contributed by atoms with Crippen LogP contribution in [0, 0.1) is 0 Å². The molecule has 9 aromatic rings. The monoisotopic (exact) mass is 767 g/mol. The van der Waals surface area contributed by atoms with Crippen molar-refractivity contribution in [2.24, 2.45) is 4.99 Å². The molecule has 8 aromatic carbocycles. The Hall–Kier alpha value is -7.49. The van der Waals surface area contributed by atoms with E-state index in [2.05, 4.69) is 224 Å². The van der Waals surface area contributed by atoms with Gasteiger partial charge in [0.15, 0.2) is 0 Å². The number of allylic oxidation sites excluding steroid dienone is 2. The summed E-state index contributed by atoms with van der Waals surface area (Å²) >= 11 is 0. The molecule has 1 atom stereocenters. The van der Waals surface area contributed by atoms with Gasteiger partial charge in [0.1, 0.15) is 0 Å². The van der Waals surface area contributed by atoms with Crippen molar-refractivity contribution in [1.82, 2.24) is 9.88 Å². The van der Waals surface area contributed by atoms with E-state index >= 15 is 0 Å². The van der Waals surface area contributed by atoms with Crippen LogP contribution in [0.3, 0.4) is 0 Å². The van der Waals surface area contributed by atoms with Gasteiger partial charge in [0, 0.05) is 27.3 Å². The Labute approximate surface area is 350 Å². The molecule has 0 bridgehead atoms. The standard InChI is InChI=1S/C57H41N3/c1-57(2)50-19-8-5-15-45(50)46-32-30-42(35-51(46)57)37-24-22-36(23-25-37)41-31-33-54-49(34-41)47-16-7-10-21-53(47)60(54)56-58-52-20-9-6-17-48(52)55(59-56)40-28-26-39(27-29-40)44-18-11-13-38-12-3-4-14-43(38)44/h3-35,52H,1-2H3,(H,58,59). The first-order chi connectivity index (χ1) is 29.5. The third kappa shape index (κ3) is 5.32. The van der Waals surface area contributed by atoms with Crippen molar-refractivity contribution in [1.29, 1.82) is 0 Å². The van der Waals surface area contributed by atoms with Gasteiger partial charge in [-0.05, 0) is 90.7 Å². The molecular weight excluding hydrogens is 727 g/mol. The molecule has 1 unspecified atom stereocenters. The summed E-state index contributed by atoms with van der Waals surface area (Å²) in [6.45, 7) is 4.69. The van der Waals surface area contributed by atoms with Crippen molar-refractivity contribution < 1.29 is 0 Å². The van der Waals surface area contributed by atoms with Gasteiger partial charge in [0.2, 0.25) is 5.96 Å². The quantitative estimate of drug-likeness (QED) is 0.190. The lowest BCUT2D eigenvalue weighted by Crippen LogP contribution is -2.42. The van der Waals surface area contributed by atoms with Gasteiger partial charge in [-0.15, -0.1) is 0 Å². The van der Waals surface area contributed by atoms with Crippen LogP contribution in [-0.4, -0.2) is 16.6 Å². The second-order valence-electron chi connectivity index (χ2n) is 16.8. The molecule has 1 aromatic heterocycles. The summed E-state index contributed by atoms with van der Waals surface area (Å²) in [5.41, 5.74) is 18.3. The highest BCUT2D eigenvalue weighted by atomic mass is 15.2. The summed E-state index contributed by atoms with van der Waals surface area (Å²) in [6, 6.07) is 64.5. The molecule has 1 aliphatic heterocycles. The summed E-state index contributed by atoms with van der Waals surface area (Å²) in [6.07, 6.45) is 8.66. The molecule has 60 heavy (non-hydrogen) atoms. The Balaban J connectivity index is 0.908. The fourth-order valence-corrected chi connectivity index (χ4v) is 9.99. The van der Waals surface area contributed by atoms with E-state index in [4.69, 9.17) is 4.99 Å². The molecule has 0 amide bonds. The highest BCUT2D eigenvalue weighted by molar-refractivity contribution is 6.15. The average molecular weight is 768 g/mol. The average Bonchev–Trinajstić information content (AvgIpc) is 3.76. The molecule has 0 saturated heterocycles. The zero-order valence-electron chi connectivity index (χ0n) is 33.5. The highest BCUT2D eigenvalue weighted by Gasteiger charge is 2.35. The lowest BCUT2D eigenvalue weighted by atomic mass is 9.81. The van der Waals surface area contributed by atoms with E-state index in [9.17, 15) is 0 Å². The normalized spacial score (nSPS) is 16.2. The minimum Gasteiger partial charge on any atom is -0.345 e. The number of hydrogen-bond donors (Lipinski definition) is 1. The first kappa shape index (κ1) is 34.5. The van der Waals surface area contributed by atoms with E-state index in [1.165, 1.54) is 82.8 Å². The first-order valence-electron chi connectivity index (χ1n) is 20.9. The first-order valence-corrected chi connectivity index (χ1v) is 20.9. The minimum atomic E-state index is -0.0241. The van der Waals surface area contributed by atoms with Gasteiger partial charge in [-0.2, -0.15) is 0 Å². The number of rotatable bonds is 4. The molecule has 0 fully saturated rings. The van der Waals surface area contributed by atoms with Gasteiger partial charge in [0.25, 0.3) is 0 Å². The predicted octanol–water partition coefficient (Wildman–Crippen LogP) is 14.0. The Morgan fingerprint density at radius 2 is 1.10 bits per heavy atom. The molecule has 12 rings (SSSR count). The van der Waals surface area contributed by atoms with Crippen LogP contribution in [0.25, 0.3) is 82.8 Å². The van der Waals surface area contributed by atoms with Gasteiger partial charge >= 0.3 is 0 Å². The van der Waals surface area contributed by atoms with Gasteiger partial charge in [-0.3, -0.25) is 4.57 Å². The molecule has 3 aliphatic rings. The molecule has 2 heterocycles. The highest BCUT2D eigenvalue weighted by Crippen LogP contribution is 2.49. The molecule has 0 saturated carbocycles. The molecule has 0 spiro atoms. The van der Waals surface area contributed by atoms with Gasteiger partial charge in [-0.25, -0.2) is 4.99 Å². The van der Waals surface area contributed by atoms with Crippen LogP contribution in [0.15, 0.2) is 211 Å². The number of fused-ring (bicyclic) bond motifs is 8. The number of aliphatic imine (C=N–C) groups is 1. The van der Waals surface area contributed by atoms with E-state index < -0.39 is 0 Å². The van der Waals surface area contributed by atoms with Crippen molar-refractivity contribution in [2.75, 3.05) is 0 Å². The van der Waals surface area contributed by atoms with Crippen LogP contribution >= 0.6 is 0 Å². The Morgan fingerprint density at radius 1 is 0.483 bits per heavy atom. The maximum atomic E-state index is 5.46. The topological polar surface area (TPSA) is 29.3 Å². The van der Waals surface area contributed by atoms with Crippen LogP contribution in [-0.2, 0) is 5.41 Å². The number of nitrogens with zero attached hydrogens (tertiary/aromatic N) is 2. The van der Waals surface area contributed by atoms with Crippen LogP contribution in [0.4, 0.5) is 0 Å². The summed E-state index contributed by atoms with van der Waals surface area (Å²) in [4.78, 5) is 5.46. The van der Waals surface area contributed by atoms with E-state index in [1.807, 2.05) is 0 Å². The van der Waals surface area contributed by atoms with E-state index in [0.717, 1.165) is 28.3 Å². The Kier molecular flexibility index (Phi) is 7.64. The number of aromatic nitrogens is 1. The smallest absolute Gasteiger partial charge is 0.209 e. The lowest BCUT2D eigenvalue weighted by Gasteiger charge is -2.28. The number of para-hydroxylation sites is 1. The third-order valence-corrected chi connectivity index (χ3v) is 13.1. The van der Waals surface area contributed by atoms with Crippen molar-refractivity contribution in [2.45, 2.75) is 25.3 Å². The number of benzene rings is 8. The molecule has 2 aliphatic carbocycles. The van der Waals surface area contributed by atoms with Gasteiger partial charge in [0.05, 0.1) is 22.8 Å². The SMILES string of the molecule is CC1(C)c2ccccc2-c2ccc(-c3ccc(-c4ccc5c(c4)c4ccccc4n5C4=NC(c5ccc(-c6cccc7ccccc67)cc5)=C5C=CC=CC5N4)cc3)cc21. The van der Waals surface area contributed by atoms with Crippen molar-refractivity contribution in [3.05, 3.63) is 222 Å². The molecular formula is C57H41N3. The van der Waals surface area contributed by atoms with Gasteiger partial charge < -0.3 is 5.32 Å². The predicted molar refractivity (Wildman–Crippen MR) is 252 cm³/mol. The maximum absolute atomic E-state index is 5.46. The zero-order chi connectivity index (χ0) is 40.0. The molecule has 0 radical (unpaired) electrons. The summed E-state index contributed by atoms with van der Waals surface area (Å²) < 4.78 is 2.30. The fraction of sp³-hybridized carbons (Fsp3) is 0.0702. The Bertz CT molecular complexity index is 3350. The minimum absolute atomic E-state index is 0.00342. The van der Waals surface area contributed by atoms with Crippen LogP contribution in [0.1, 0.15) is 30.5 Å². The Morgan fingerprint density at radius 3 is 1.95 bits per heavy atom. The van der Waals surface area contributed by atoms with E-state index in [0.29, 0.717) is 0 Å². The summed E-state index contributed by atoms with van der Waals surface area (Å²) in [5.74, 6) is 0.820. The van der Waals surface area contributed by atoms with Crippen LogP contribution < -0.4 is 5.32 Å². The van der Waals surface area contributed by atoms with E-state index in [-0.39, 0.29) is 11.5 Å². The number of hydrogen-bond acceptors (Lipinski definition) is 2. The molecule has 1 N–H and O–H groups in total. The van der Waals surface area contributed by atoms with Crippen LogP contribution in [0.2, 0.25) is 0 Å². The van der Waals surface area contributed by atoms with Crippen molar-refractivity contribution in [3.63, 3.8) is 0 Å². The maximum Gasteiger partial charge on any atom is 0.209 e. The second-order valence-corrected chi connectivity index (χ2v) is 16.8. The molecule has 3 nitrogen and oxygen atoms in total. The second kappa shape index (κ2) is 13.3. The third-order valence-electron chi connectivity index (χ3n) is 13.1. The molecule has 284 valence electrons. The fourth-order valence-electron chi connectivity index (χ4n) is 9.99. The van der Waals surface area contributed by atoms with Crippen molar-refractivity contribution >= 4 is 44.2 Å². The zero-order valence-corrected chi connectivity index (χ0v) is 33.5. The largest absolute Gasteiger partial charge is 0.345 e. The van der Waals surface area contributed by atoms with Crippen molar-refractivity contribution in [3.8, 4) is 44.5 Å². The van der Waals surface area contributed by atoms with Crippen LogP contribution in [0.5, 0.6) is 0 Å². The molecule has 3 heteroatoms. The summed E-state index contributed by atoms with van der Waals surface area (Å²) in [7, 11) is 0. The lowest BCUT2D eigenvalue weighted by molar-refractivity contribution is 0.660. The van der Waals surface area contributed by atoms with E-state index in [1.54, 1.807) is 0 Å². The summed E-state index contributed by atoms with van der Waals surface area (Å²) in [5, 5.41) is 8.72. The van der Waals surface area contributed by atoms with Gasteiger partial charge in [-0.1, -0.05) is 190 Å². The number of nitrogens with one attached hydrogen (secondary N) is 1.